The van der Waals surface area contributed by atoms with E-state index in [9.17, 15) is 9.59 Å². The minimum Gasteiger partial charge on any atom is -0.491 e. The first-order chi connectivity index (χ1) is 8.52. The molecule has 1 aliphatic heterocycles. The molecule has 0 spiro atoms. The highest BCUT2D eigenvalue weighted by Crippen LogP contribution is 2.31. The SMILES string of the molecule is COc1cnc(Cl)nc1N1CC(C(=O)O)CC1=O. The highest BCUT2D eigenvalue weighted by Gasteiger charge is 2.37. The fourth-order valence-corrected chi connectivity index (χ4v) is 1.88. The first kappa shape index (κ1) is 12.6. The van der Waals surface area contributed by atoms with Crippen LogP contribution in [0, 0.1) is 5.92 Å². The number of aromatic nitrogens is 2. The zero-order valence-corrected chi connectivity index (χ0v) is 10.2. The molecular weight excluding hydrogens is 262 g/mol. The molecule has 1 atom stereocenters. The van der Waals surface area contributed by atoms with Crippen molar-refractivity contribution in [1.29, 1.82) is 0 Å². The van der Waals surface area contributed by atoms with E-state index >= 15 is 0 Å². The van der Waals surface area contributed by atoms with E-state index in [2.05, 4.69) is 9.97 Å². The second kappa shape index (κ2) is 4.77. The molecule has 0 bridgehead atoms. The second-order valence-electron chi connectivity index (χ2n) is 3.77. The monoisotopic (exact) mass is 271 g/mol. The summed E-state index contributed by atoms with van der Waals surface area (Å²) in [5, 5.41) is 8.88. The zero-order chi connectivity index (χ0) is 13.3. The number of carbonyl (C=O) groups excluding carboxylic acids is 1. The molecule has 1 saturated heterocycles. The molecule has 1 unspecified atom stereocenters. The van der Waals surface area contributed by atoms with Crippen LogP contribution in [0.5, 0.6) is 5.75 Å². The van der Waals surface area contributed by atoms with Gasteiger partial charge in [-0.25, -0.2) is 4.98 Å². The third-order valence-electron chi connectivity index (χ3n) is 2.66. The Balaban J connectivity index is 2.34. The van der Waals surface area contributed by atoms with Gasteiger partial charge in [0.25, 0.3) is 0 Å². The number of halogens is 1. The van der Waals surface area contributed by atoms with Crippen LogP contribution in [0.4, 0.5) is 5.82 Å². The number of amides is 1. The van der Waals surface area contributed by atoms with E-state index in [-0.39, 0.29) is 35.7 Å². The molecule has 1 aromatic heterocycles. The van der Waals surface area contributed by atoms with Crippen molar-refractivity contribution < 1.29 is 19.4 Å². The molecule has 7 nitrogen and oxygen atoms in total. The molecular formula is C10H10ClN3O4. The van der Waals surface area contributed by atoms with Gasteiger partial charge >= 0.3 is 5.97 Å². The van der Waals surface area contributed by atoms with Crippen LogP contribution < -0.4 is 9.64 Å². The topological polar surface area (TPSA) is 92.6 Å². The highest BCUT2D eigenvalue weighted by atomic mass is 35.5. The second-order valence-corrected chi connectivity index (χ2v) is 4.11. The lowest BCUT2D eigenvalue weighted by Gasteiger charge is -2.17. The Hall–Kier alpha value is -1.89. The summed E-state index contributed by atoms with van der Waals surface area (Å²) in [5.41, 5.74) is 0. The van der Waals surface area contributed by atoms with Gasteiger partial charge in [0, 0.05) is 13.0 Å². The van der Waals surface area contributed by atoms with E-state index in [0.717, 1.165) is 0 Å². The fourth-order valence-electron chi connectivity index (χ4n) is 1.76. The Morgan fingerprint density at radius 1 is 1.67 bits per heavy atom. The Bertz CT molecular complexity index is 508. The molecule has 1 aromatic rings. The summed E-state index contributed by atoms with van der Waals surface area (Å²) in [6.07, 6.45) is 1.28. The van der Waals surface area contributed by atoms with Gasteiger partial charge < -0.3 is 9.84 Å². The number of nitrogens with zero attached hydrogens (tertiary/aromatic N) is 3. The number of hydrogen-bond donors (Lipinski definition) is 1. The average Bonchev–Trinajstić information content (AvgIpc) is 2.71. The number of ether oxygens (including phenoxy) is 1. The van der Waals surface area contributed by atoms with Crippen molar-refractivity contribution in [1.82, 2.24) is 9.97 Å². The summed E-state index contributed by atoms with van der Waals surface area (Å²) >= 11 is 5.67. The number of carboxylic acids is 1. The molecule has 1 fully saturated rings. The quantitative estimate of drug-likeness (QED) is 0.808. The van der Waals surface area contributed by atoms with Gasteiger partial charge in [0.2, 0.25) is 11.2 Å². The van der Waals surface area contributed by atoms with Gasteiger partial charge in [-0.2, -0.15) is 4.98 Å². The number of anilines is 1. The molecule has 1 N–H and O–H groups in total. The van der Waals surface area contributed by atoms with Crippen molar-refractivity contribution in [3.8, 4) is 5.75 Å². The van der Waals surface area contributed by atoms with Crippen molar-refractivity contribution in [2.75, 3.05) is 18.6 Å². The maximum atomic E-state index is 11.8. The minimum absolute atomic E-state index is 0.0302. The zero-order valence-electron chi connectivity index (χ0n) is 9.46. The van der Waals surface area contributed by atoms with Gasteiger partial charge in [-0.15, -0.1) is 0 Å². The fraction of sp³-hybridized carbons (Fsp3) is 0.400. The summed E-state index contributed by atoms with van der Waals surface area (Å²) < 4.78 is 5.03. The number of rotatable bonds is 3. The number of aliphatic carboxylic acids is 1. The van der Waals surface area contributed by atoms with Gasteiger partial charge in [0.05, 0.1) is 19.2 Å². The third kappa shape index (κ3) is 2.21. The lowest BCUT2D eigenvalue weighted by molar-refractivity contribution is -0.141. The molecule has 0 saturated carbocycles. The summed E-state index contributed by atoms with van der Waals surface area (Å²) in [7, 11) is 1.41. The normalized spacial score (nSPS) is 19.1. The molecule has 18 heavy (non-hydrogen) atoms. The van der Waals surface area contributed by atoms with E-state index in [1.807, 2.05) is 0 Å². The number of carbonyl (C=O) groups is 2. The molecule has 96 valence electrons. The summed E-state index contributed by atoms with van der Waals surface area (Å²) in [5.74, 6) is -1.60. The predicted molar refractivity (Wildman–Crippen MR) is 61.7 cm³/mol. The van der Waals surface area contributed by atoms with Crippen LogP contribution in [0.1, 0.15) is 6.42 Å². The molecule has 1 aliphatic rings. The maximum absolute atomic E-state index is 11.8. The Labute approximate surface area is 107 Å². The highest BCUT2D eigenvalue weighted by molar-refractivity contribution is 6.28. The molecule has 8 heteroatoms. The van der Waals surface area contributed by atoms with E-state index in [1.165, 1.54) is 18.2 Å². The average molecular weight is 272 g/mol. The van der Waals surface area contributed by atoms with Crippen LogP contribution in [0.25, 0.3) is 0 Å². The van der Waals surface area contributed by atoms with Crippen LogP contribution in [-0.2, 0) is 9.59 Å². The summed E-state index contributed by atoms with van der Waals surface area (Å²) in [6.45, 7) is 0.0534. The van der Waals surface area contributed by atoms with E-state index in [0.29, 0.717) is 0 Å². The van der Waals surface area contributed by atoms with E-state index < -0.39 is 11.9 Å². The summed E-state index contributed by atoms with van der Waals surface area (Å²) in [6, 6.07) is 0. The largest absolute Gasteiger partial charge is 0.491 e. The third-order valence-corrected chi connectivity index (χ3v) is 2.84. The lowest BCUT2D eigenvalue weighted by Crippen LogP contribution is -2.27. The summed E-state index contributed by atoms with van der Waals surface area (Å²) in [4.78, 5) is 31.6. The molecule has 0 aliphatic carbocycles. The smallest absolute Gasteiger partial charge is 0.308 e. The first-order valence-corrected chi connectivity index (χ1v) is 5.50. The van der Waals surface area contributed by atoms with Crippen molar-refractivity contribution in [3.05, 3.63) is 11.5 Å². The van der Waals surface area contributed by atoms with E-state index in [1.54, 1.807) is 0 Å². The molecule has 2 heterocycles. The van der Waals surface area contributed by atoms with Crippen molar-refractivity contribution in [2.45, 2.75) is 6.42 Å². The Morgan fingerprint density at radius 2 is 2.39 bits per heavy atom. The van der Waals surface area contributed by atoms with Gasteiger partial charge in [-0.05, 0) is 11.6 Å². The van der Waals surface area contributed by atoms with E-state index in [4.69, 9.17) is 21.4 Å². The van der Waals surface area contributed by atoms with Gasteiger partial charge in [-0.3, -0.25) is 14.5 Å². The molecule has 0 aromatic carbocycles. The standard InChI is InChI=1S/C10H10ClN3O4/c1-18-6-3-12-10(11)13-8(6)14-4-5(9(16)17)2-7(14)15/h3,5H,2,4H2,1H3,(H,16,17). The Kier molecular flexibility index (Phi) is 3.33. The lowest BCUT2D eigenvalue weighted by atomic mass is 10.1. The van der Waals surface area contributed by atoms with Crippen molar-refractivity contribution in [2.24, 2.45) is 5.92 Å². The van der Waals surface area contributed by atoms with Gasteiger partial charge in [0.1, 0.15) is 0 Å². The number of carboxylic acid groups (broad SMARTS) is 1. The Morgan fingerprint density at radius 3 is 2.94 bits per heavy atom. The minimum atomic E-state index is -1.01. The van der Waals surface area contributed by atoms with Crippen molar-refractivity contribution >= 4 is 29.3 Å². The van der Waals surface area contributed by atoms with Crippen LogP contribution in [0.2, 0.25) is 5.28 Å². The van der Waals surface area contributed by atoms with Gasteiger partial charge in [0.15, 0.2) is 11.6 Å². The maximum Gasteiger partial charge on any atom is 0.308 e. The molecule has 1 amide bonds. The van der Waals surface area contributed by atoms with Gasteiger partial charge in [-0.1, -0.05) is 0 Å². The number of hydrogen-bond acceptors (Lipinski definition) is 5. The van der Waals surface area contributed by atoms with Crippen LogP contribution in [0.15, 0.2) is 6.20 Å². The number of methoxy groups -OCH3 is 1. The van der Waals surface area contributed by atoms with Crippen molar-refractivity contribution in [3.63, 3.8) is 0 Å². The van der Waals surface area contributed by atoms with Crippen LogP contribution in [0.3, 0.4) is 0 Å². The van der Waals surface area contributed by atoms with Crippen LogP contribution in [-0.4, -0.2) is 40.6 Å². The molecule has 0 radical (unpaired) electrons. The predicted octanol–water partition coefficient (Wildman–Crippen LogP) is 0.576. The first-order valence-electron chi connectivity index (χ1n) is 5.12. The van der Waals surface area contributed by atoms with Crippen LogP contribution >= 0.6 is 11.6 Å². The molecule has 2 rings (SSSR count).